The number of hydrogen-bond acceptors (Lipinski definition) is 3. The van der Waals surface area contributed by atoms with Gasteiger partial charge in [0.15, 0.2) is 0 Å². The average molecular weight is 376 g/mol. The second-order valence-corrected chi connectivity index (χ2v) is 7.97. The highest BCUT2D eigenvalue weighted by molar-refractivity contribution is 5.74. The Balaban J connectivity index is 0.00000126. The van der Waals surface area contributed by atoms with Crippen LogP contribution >= 0.6 is 0 Å². The summed E-state index contributed by atoms with van der Waals surface area (Å²) in [5.74, 6) is 1.49. The summed E-state index contributed by atoms with van der Waals surface area (Å²) in [5.41, 5.74) is 1.16. The first-order chi connectivity index (χ1) is 13.0. The number of likely N-dealkylation sites (tertiary alicyclic amines) is 1. The van der Waals surface area contributed by atoms with Gasteiger partial charge in [-0.15, -0.1) is 0 Å². The molecule has 152 valence electrons. The van der Waals surface area contributed by atoms with E-state index in [0.717, 1.165) is 37.5 Å². The van der Waals surface area contributed by atoms with Crippen LogP contribution in [-0.4, -0.2) is 42.2 Å². The number of ether oxygens (including phenoxy) is 1. The number of nitrogens with zero attached hydrogens (tertiary/aromatic N) is 1. The smallest absolute Gasteiger partial charge is 0.307 e. The molecule has 3 rings (SSSR count). The minimum Gasteiger partial charge on any atom is -0.493 e. The normalized spacial score (nSPS) is 27.6. The predicted octanol–water partition coefficient (Wildman–Crippen LogP) is 4.89. The summed E-state index contributed by atoms with van der Waals surface area (Å²) in [7, 11) is 0. The molecule has 4 nitrogen and oxygen atoms in total. The van der Waals surface area contributed by atoms with Crippen molar-refractivity contribution in [3.63, 3.8) is 0 Å². The van der Waals surface area contributed by atoms with E-state index in [-0.39, 0.29) is 5.92 Å². The number of carboxylic acid groups (broad SMARTS) is 1. The topological polar surface area (TPSA) is 49.8 Å². The largest absolute Gasteiger partial charge is 0.493 e. The molecule has 0 aromatic heterocycles. The Morgan fingerprint density at radius 3 is 2.33 bits per heavy atom. The molecule has 1 saturated heterocycles. The molecule has 1 heterocycles. The Hall–Kier alpha value is -1.55. The molecule has 3 fully saturated rings. The van der Waals surface area contributed by atoms with Gasteiger partial charge in [-0.2, -0.15) is 0 Å². The predicted molar refractivity (Wildman–Crippen MR) is 110 cm³/mol. The first-order valence-electron chi connectivity index (χ1n) is 10.7. The lowest BCUT2D eigenvalue weighted by molar-refractivity contribution is -0.139. The van der Waals surface area contributed by atoms with Gasteiger partial charge in [-0.3, -0.25) is 9.69 Å². The summed E-state index contributed by atoms with van der Waals surface area (Å²) >= 11 is 0. The van der Waals surface area contributed by atoms with E-state index in [1.807, 2.05) is 26.0 Å². The molecule has 4 heteroatoms. The van der Waals surface area contributed by atoms with Gasteiger partial charge >= 0.3 is 5.97 Å². The molecule has 2 aliphatic carbocycles. The molecule has 0 bridgehead atoms. The minimum atomic E-state index is -0.627. The van der Waals surface area contributed by atoms with Crippen LogP contribution in [-0.2, 0) is 9.53 Å². The van der Waals surface area contributed by atoms with Gasteiger partial charge in [0.05, 0.1) is 5.92 Å². The summed E-state index contributed by atoms with van der Waals surface area (Å²) in [6.07, 6.45) is 11.8. The summed E-state index contributed by atoms with van der Waals surface area (Å²) in [5, 5.41) is 9.03. The third-order valence-electron chi connectivity index (χ3n) is 6.03. The van der Waals surface area contributed by atoms with Crippen molar-refractivity contribution in [2.75, 3.05) is 26.2 Å². The molecule has 0 spiro atoms. The molecule has 27 heavy (non-hydrogen) atoms. The highest BCUT2D eigenvalue weighted by Gasteiger charge is 2.59. The molecule has 2 saturated carbocycles. The van der Waals surface area contributed by atoms with Crippen molar-refractivity contribution in [2.45, 2.75) is 52.4 Å². The first-order valence-corrected chi connectivity index (χ1v) is 10.7. The van der Waals surface area contributed by atoms with Crippen molar-refractivity contribution >= 4 is 5.97 Å². The van der Waals surface area contributed by atoms with E-state index in [1.165, 1.54) is 32.1 Å². The number of carbonyl (C=O) groups is 1. The van der Waals surface area contributed by atoms with Crippen LogP contribution in [0.2, 0.25) is 0 Å². The lowest BCUT2D eigenvalue weighted by Gasteiger charge is -2.21. The van der Waals surface area contributed by atoms with Gasteiger partial charge in [-0.25, -0.2) is 0 Å². The van der Waals surface area contributed by atoms with Crippen LogP contribution in [0.3, 0.4) is 0 Å². The van der Waals surface area contributed by atoms with E-state index in [4.69, 9.17) is 9.84 Å². The monoisotopic (exact) mass is 375 g/mol. The number of rotatable bonds is 9. The molecule has 3 aliphatic rings. The van der Waals surface area contributed by atoms with Crippen LogP contribution in [0.4, 0.5) is 0 Å². The van der Waals surface area contributed by atoms with Gasteiger partial charge in [0, 0.05) is 19.6 Å². The van der Waals surface area contributed by atoms with Gasteiger partial charge in [-0.1, -0.05) is 70.8 Å². The molecule has 0 aromatic carbocycles. The molecule has 2 atom stereocenters. The lowest BCUT2D eigenvalue weighted by Crippen LogP contribution is -2.29. The Labute approximate surface area is 165 Å². The van der Waals surface area contributed by atoms with Gasteiger partial charge in [0.25, 0.3) is 0 Å². The van der Waals surface area contributed by atoms with Crippen LogP contribution < -0.4 is 0 Å². The van der Waals surface area contributed by atoms with Crippen molar-refractivity contribution in [3.05, 3.63) is 36.6 Å². The minimum absolute atomic E-state index is 0.0924. The third kappa shape index (κ3) is 6.53. The van der Waals surface area contributed by atoms with E-state index < -0.39 is 5.97 Å². The van der Waals surface area contributed by atoms with Crippen molar-refractivity contribution in [3.8, 4) is 0 Å². The summed E-state index contributed by atoms with van der Waals surface area (Å²) in [6.45, 7) is 15.3. The van der Waals surface area contributed by atoms with Crippen molar-refractivity contribution in [1.82, 2.24) is 4.90 Å². The van der Waals surface area contributed by atoms with Crippen LogP contribution in [0.25, 0.3) is 0 Å². The summed E-state index contributed by atoms with van der Waals surface area (Å²) < 4.78 is 5.69. The highest BCUT2D eigenvalue weighted by atomic mass is 16.5. The van der Waals surface area contributed by atoms with Gasteiger partial charge in [-0.05, 0) is 30.3 Å². The van der Waals surface area contributed by atoms with Crippen molar-refractivity contribution in [2.24, 2.45) is 23.7 Å². The second-order valence-electron chi connectivity index (χ2n) is 7.97. The molecule has 0 radical (unpaired) electrons. The van der Waals surface area contributed by atoms with Crippen LogP contribution in [0.15, 0.2) is 36.6 Å². The fraction of sp³-hybridized carbons (Fsp3) is 0.696. The standard InChI is InChI=1S/C21H31NO3.C2H6/c1-15(12-17-6-4-3-5-7-17)8-9-16(2)25-11-10-22-13-18-19(14-22)20(18)21(23)24;1-2/h8-9,17-20H,1-7,10-14H2,(H,23,24);1-2H3/b9-8-;. The quantitative estimate of drug-likeness (QED) is 0.460. The Bertz CT molecular complexity index is 536. The lowest BCUT2D eigenvalue weighted by atomic mass is 9.85. The number of fused-ring (bicyclic) bond motifs is 1. The number of aliphatic carboxylic acids is 1. The molecule has 2 unspecified atom stereocenters. The highest BCUT2D eigenvalue weighted by Crippen LogP contribution is 2.51. The van der Waals surface area contributed by atoms with Crippen LogP contribution in [0, 0.1) is 23.7 Å². The van der Waals surface area contributed by atoms with Crippen LogP contribution in [0.1, 0.15) is 52.4 Å². The number of piperidine rings is 1. The third-order valence-corrected chi connectivity index (χ3v) is 6.03. The van der Waals surface area contributed by atoms with Gasteiger partial charge in [0.2, 0.25) is 0 Å². The SMILES string of the molecule is C=C(/C=C\C(=C)OCCN1CC2C(C1)C2C(=O)O)CC1CCCCC1.CC. The summed E-state index contributed by atoms with van der Waals surface area (Å²) in [6, 6.07) is 0. The fourth-order valence-corrected chi connectivity index (χ4v) is 4.56. The maximum atomic E-state index is 11.0. The maximum Gasteiger partial charge on any atom is 0.307 e. The van der Waals surface area contributed by atoms with E-state index in [1.54, 1.807) is 0 Å². The summed E-state index contributed by atoms with van der Waals surface area (Å²) in [4.78, 5) is 13.3. The van der Waals surface area contributed by atoms with Crippen LogP contribution in [0.5, 0.6) is 0 Å². The van der Waals surface area contributed by atoms with Crippen molar-refractivity contribution < 1.29 is 14.6 Å². The fourth-order valence-electron chi connectivity index (χ4n) is 4.56. The van der Waals surface area contributed by atoms with E-state index in [2.05, 4.69) is 18.1 Å². The number of carboxylic acids is 1. The van der Waals surface area contributed by atoms with Gasteiger partial charge in [0.1, 0.15) is 12.4 Å². The molecular formula is C23H37NO3. The Morgan fingerprint density at radius 2 is 1.74 bits per heavy atom. The average Bonchev–Trinajstić information content (AvgIpc) is 3.19. The first kappa shape index (κ1) is 21.7. The van der Waals surface area contributed by atoms with E-state index in [9.17, 15) is 4.79 Å². The number of hydrogen-bond donors (Lipinski definition) is 1. The molecule has 1 N–H and O–H groups in total. The molecule has 1 aliphatic heterocycles. The Morgan fingerprint density at radius 1 is 1.11 bits per heavy atom. The maximum absolute atomic E-state index is 11.0. The molecule has 0 amide bonds. The Kier molecular flexibility index (Phi) is 8.62. The van der Waals surface area contributed by atoms with Crippen molar-refractivity contribution in [1.29, 1.82) is 0 Å². The molecular weight excluding hydrogens is 338 g/mol. The van der Waals surface area contributed by atoms with Gasteiger partial charge < -0.3 is 9.84 Å². The zero-order valence-electron chi connectivity index (χ0n) is 17.2. The van der Waals surface area contributed by atoms with E-state index in [0.29, 0.717) is 24.2 Å². The van der Waals surface area contributed by atoms with E-state index >= 15 is 0 Å². The zero-order chi connectivity index (χ0) is 19.8. The molecule has 0 aromatic rings. The zero-order valence-corrected chi connectivity index (χ0v) is 17.2. The second kappa shape index (κ2) is 10.7. The number of allylic oxidation sites excluding steroid dienone is 3.